The zero-order valence-corrected chi connectivity index (χ0v) is 25.5. The van der Waals surface area contributed by atoms with Crippen molar-refractivity contribution in [2.75, 3.05) is 19.7 Å². The van der Waals surface area contributed by atoms with Crippen LogP contribution in [0, 0.1) is 11.8 Å². The van der Waals surface area contributed by atoms with E-state index in [1.807, 2.05) is 35.2 Å². The van der Waals surface area contributed by atoms with Gasteiger partial charge in [0, 0.05) is 30.5 Å². The zero-order chi connectivity index (χ0) is 29.3. The van der Waals surface area contributed by atoms with E-state index in [1.165, 1.54) is 4.90 Å². The number of hydrogen-bond donors (Lipinski definition) is 1. The van der Waals surface area contributed by atoms with Gasteiger partial charge in [0.2, 0.25) is 17.7 Å². The van der Waals surface area contributed by atoms with Gasteiger partial charge in [0.05, 0.1) is 30.6 Å². The van der Waals surface area contributed by atoms with E-state index in [1.54, 1.807) is 24.0 Å². The van der Waals surface area contributed by atoms with E-state index >= 15 is 0 Å². The number of carbonyl (C=O) groups is 3. The van der Waals surface area contributed by atoms with Crippen LogP contribution in [0.2, 0.25) is 0 Å². The summed E-state index contributed by atoms with van der Waals surface area (Å²) in [4.78, 5) is 48.2. The predicted octanol–water partition coefficient (Wildman–Crippen LogP) is 3.68. The molecule has 1 N–H and O–H groups in total. The van der Waals surface area contributed by atoms with Gasteiger partial charge in [0.1, 0.15) is 11.6 Å². The van der Waals surface area contributed by atoms with E-state index in [9.17, 15) is 19.5 Å². The highest BCUT2D eigenvalue weighted by Gasteiger charge is 2.77. The molecule has 3 amide bonds. The molecule has 3 saturated heterocycles. The molecule has 8 nitrogen and oxygen atoms in total. The number of halogens is 1. The van der Waals surface area contributed by atoms with Crippen molar-refractivity contribution in [3.05, 3.63) is 61.2 Å². The molecule has 1 aromatic carbocycles. The van der Waals surface area contributed by atoms with E-state index in [-0.39, 0.29) is 35.2 Å². The van der Waals surface area contributed by atoms with E-state index < -0.39 is 35.6 Å². The van der Waals surface area contributed by atoms with Crippen LogP contribution >= 0.6 is 15.9 Å². The molecule has 4 fully saturated rings. The minimum atomic E-state index is -1.16. The van der Waals surface area contributed by atoms with Gasteiger partial charge in [-0.1, -0.05) is 77.7 Å². The quantitative estimate of drug-likeness (QED) is 0.299. The monoisotopic (exact) mass is 627 g/mol. The maximum atomic E-state index is 14.6. The Morgan fingerprint density at radius 2 is 1.83 bits per heavy atom. The average Bonchev–Trinajstić information content (AvgIpc) is 3.58. The van der Waals surface area contributed by atoms with Crippen LogP contribution in [0.3, 0.4) is 0 Å². The van der Waals surface area contributed by atoms with Crippen molar-refractivity contribution in [1.82, 2.24) is 14.7 Å². The molecule has 4 aliphatic rings. The SMILES string of the molecule is C=CCN(Cc1ccccc1)C(=O)[C@H]1[C@H]2C(=O)N([C@H](C)CO)C(C(=O)N(CC=C)C3CCCCC3)C23CC(Br)[C@@H]1O3. The molecule has 3 heterocycles. The number of alkyl halides is 1. The smallest absolute Gasteiger partial charge is 0.248 e. The van der Waals surface area contributed by atoms with E-state index in [4.69, 9.17) is 4.74 Å². The zero-order valence-electron chi connectivity index (χ0n) is 23.9. The minimum absolute atomic E-state index is 0.0656. The summed E-state index contributed by atoms with van der Waals surface area (Å²) < 4.78 is 6.72. The lowest BCUT2D eigenvalue weighted by atomic mass is 9.70. The molecule has 9 heteroatoms. The van der Waals surface area contributed by atoms with Gasteiger partial charge in [-0.2, -0.15) is 0 Å². The molecule has 3 aliphatic heterocycles. The van der Waals surface area contributed by atoms with Crippen molar-refractivity contribution in [2.24, 2.45) is 11.8 Å². The lowest BCUT2D eigenvalue weighted by Gasteiger charge is -2.42. The second kappa shape index (κ2) is 12.4. The molecule has 1 spiro atoms. The molecule has 3 unspecified atom stereocenters. The molecule has 222 valence electrons. The molecule has 1 aliphatic carbocycles. The minimum Gasteiger partial charge on any atom is -0.394 e. The summed E-state index contributed by atoms with van der Waals surface area (Å²) in [5, 5.41) is 10.2. The second-order valence-electron chi connectivity index (χ2n) is 12.0. The number of ether oxygens (including phenoxy) is 1. The number of nitrogens with zero attached hydrogens (tertiary/aromatic N) is 3. The Kier molecular flexibility index (Phi) is 9.07. The summed E-state index contributed by atoms with van der Waals surface area (Å²) >= 11 is 3.77. The first kappa shape index (κ1) is 30.0. The van der Waals surface area contributed by atoms with Crippen molar-refractivity contribution in [3.8, 4) is 0 Å². The third-order valence-electron chi connectivity index (χ3n) is 9.49. The maximum Gasteiger partial charge on any atom is 0.248 e. The Hall–Kier alpha value is -2.49. The van der Waals surface area contributed by atoms with Crippen LogP contribution in [-0.4, -0.2) is 91.9 Å². The summed E-state index contributed by atoms with van der Waals surface area (Å²) in [6.07, 6.45) is 8.41. The Morgan fingerprint density at radius 3 is 2.46 bits per heavy atom. The van der Waals surface area contributed by atoms with Crippen molar-refractivity contribution in [1.29, 1.82) is 0 Å². The topological polar surface area (TPSA) is 90.4 Å². The third kappa shape index (κ3) is 5.19. The molecular weight excluding hydrogens is 586 g/mol. The van der Waals surface area contributed by atoms with Crippen LogP contribution in [0.1, 0.15) is 51.0 Å². The van der Waals surface area contributed by atoms with Crippen LogP contribution in [-0.2, 0) is 25.7 Å². The normalized spacial score (nSPS) is 31.5. The average molecular weight is 629 g/mol. The fourth-order valence-corrected chi connectivity index (χ4v) is 8.64. The summed E-state index contributed by atoms with van der Waals surface area (Å²) in [7, 11) is 0. The first-order valence-corrected chi connectivity index (χ1v) is 15.8. The largest absolute Gasteiger partial charge is 0.394 e. The number of carbonyl (C=O) groups excluding carboxylic acids is 3. The molecule has 41 heavy (non-hydrogen) atoms. The fraction of sp³-hybridized carbons (Fsp3) is 0.594. The summed E-state index contributed by atoms with van der Waals surface area (Å²) in [6.45, 7) is 10.3. The Morgan fingerprint density at radius 1 is 1.15 bits per heavy atom. The molecule has 0 radical (unpaired) electrons. The first-order valence-electron chi connectivity index (χ1n) is 14.9. The molecule has 7 atom stereocenters. The van der Waals surface area contributed by atoms with Crippen molar-refractivity contribution >= 4 is 33.7 Å². The number of benzene rings is 1. The number of hydrogen-bond acceptors (Lipinski definition) is 5. The molecular formula is C32H42BrN3O5. The van der Waals surface area contributed by atoms with Gasteiger partial charge in [-0.25, -0.2) is 0 Å². The number of fused-ring (bicyclic) bond motifs is 1. The van der Waals surface area contributed by atoms with Crippen molar-refractivity contribution < 1.29 is 24.2 Å². The number of aliphatic hydroxyl groups excluding tert-OH is 1. The number of rotatable bonds is 11. The number of likely N-dealkylation sites (tertiary alicyclic amines) is 1. The van der Waals surface area contributed by atoms with Gasteiger partial charge >= 0.3 is 0 Å². The predicted molar refractivity (Wildman–Crippen MR) is 160 cm³/mol. The third-order valence-corrected chi connectivity index (χ3v) is 10.3. The Labute approximate surface area is 251 Å². The van der Waals surface area contributed by atoms with Crippen molar-refractivity contribution in [3.63, 3.8) is 0 Å². The van der Waals surface area contributed by atoms with Crippen LogP contribution in [0.5, 0.6) is 0 Å². The first-order chi connectivity index (χ1) is 19.8. The second-order valence-corrected chi connectivity index (χ2v) is 13.2. The van der Waals surface area contributed by atoms with E-state index in [0.717, 1.165) is 37.7 Å². The molecule has 5 rings (SSSR count). The summed E-state index contributed by atoms with van der Waals surface area (Å²) in [6, 6.07) is 8.27. The van der Waals surface area contributed by atoms with Crippen molar-refractivity contribution in [2.45, 2.75) is 86.7 Å². The highest BCUT2D eigenvalue weighted by molar-refractivity contribution is 9.09. The number of amides is 3. The number of aliphatic hydroxyl groups is 1. The molecule has 1 aromatic rings. The fourth-order valence-electron chi connectivity index (χ4n) is 7.70. The lowest BCUT2D eigenvalue weighted by Crippen LogP contribution is -2.60. The van der Waals surface area contributed by atoms with Gasteiger partial charge in [-0.05, 0) is 31.7 Å². The highest BCUT2D eigenvalue weighted by Crippen LogP contribution is 2.61. The van der Waals surface area contributed by atoms with Gasteiger partial charge in [0.25, 0.3) is 0 Å². The van der Waals surface area contributed by atoms with Crippen LogP contribution < -0.4 is 0 Å². The van der Waals surface area contributed by atoms with E-state index in [2.05, 4.69) is 29.1 Å². The summed E-state index contributed by atoms with van der Waals surface area (Å²) in [5.74, 6) is -2.20. The van der Waals surface area contributed by atoms with Gasteiger partial charge in [-0.15, -0.1) is 13.2 Å². The standard InChI is InChI=1S/C32H42BrN3O5/c1-4-16-34(19-22-12-8-6-9-13-22)29(38)25-26-30(39)36(21(3)20-37)28(32(26)18-24(33)27(25)41-32)31(40)35(17-5-2)23-14-10-7-11-15-23/h4-6,8-9,12-13,21,23-28,37H,1-2,7,10-11,14-20H2,3H3/t21-,24?,25+,26+,27+,28?,32?/m1/s1. The molecule has 2 bridgehead atoms. The maximum absolute atomic E-state index is 14.6. The molecule has 0 aromatic heterocycles. The van der Waals surface area contributed by atoms with Gasteiger partial charge < -0.3 is 24.5 Å². The van der Waals surface area contributed by atoms with Crippen LogP contribution in [0.15, 0.2) is 55.6 Å². The highest BCUT2D eigenvalue weighted by atomic mass is 79.9. The van der Waals surface area contributed by atoms with Crippen LogP contribution in [0.25, 0.3) is 0 Å². The van der Waals surface area contributed by atoms with Gasteiger partial charge in [-0.3, -0.25) is 14.4 Å². The lowest BCUT2D eigenvalue weighted by molar-refractivity contribution is -0.153. The Bertz CT molecular complexity index is 1160. The van der Waals surface area contributed by atoms with Gasteiger partial charge in [0.15, 0.2) is 0 Å². The van der Waals surface area contributed by atoms with Crippen LogP contribution in [0.4, 0.5) is 0 Å². The Balaban J connectivity index is 1.53. The van der Waals surface area contributed by atoms with E-state index in [0.29, 0.717) is 26.1 Å². The summed E-state index contributed by atoms with van der Waals surface area (Å²) in [5.41, 5.74) is -0.178. The molecule has 1 saturated carbocycles.